The normalized spacial score (nSPS) is 10.8. The molecule has 2 heterocycles. The van der Waals surface area contributed by atoms with Gasteiger partial charge in [-0.15, -0.1) is 11.3 Å². The number of ether oxygens (including phenoxy) is 1. The molecule has 0 saturated carbocycles. The van der Waals surface area contributed by atoms with E-state index in [9.17, 15) is 9.18 Å². The van der Waals surface area contributed by atoms with Gasteiger partial charge in [0.15, 0.2) is 10.9 Å². The Morgan fingerprint density at radius 1 is 1.28 bits per heavy atom. The van der Waals surface area contributed by atoms with E-state index in [0.29, 0.717) is 30.5 Å². The first-order valence-electron chi connectivity index (χ1n) is 7.81. The summed E-state index contributed by atoms with van der Waals surface area (Å²) in [6.45, 7) is 2.81. The molecule has 0 saturated heterocycles. The van der Waals surface area contributed by atoms with E-state index in [4.69, 9.17) is 9.15 Å². The fourth-order valence-electron chi connectivity index (χ4n) is 2.19. The number of amides is 1. The molecular weight excluding hydrogens is 343 g/mol. The lowest BCUT2D eigenvalue weighted by Gasteiger charge is -1.99. The number of benzene rings is 1. The van der Waals surface area contributed by atoms with Crippen molar-refractivity contribution in [1.29, 1.82) is 0 Å². The van der Waals surface area contributed by atoms with Crippen molar-refractivity contribution >= 4 is 22.4 Å². The zero-order chi connectivity index (χ0) is 17.6. The molecule has 0 spiro atoms. The quantitative estimate of drug-likeness (QED) is 0.684. The van der Waals surface area contributed by atoms with E-state index < -0.39 is 0 Å². The standard InChI is InChI=1S/C18H17FN2O3S/c1-2-23-11-14-7-8-16(24-14)17(22)21-18-20-10-15(25-18)9-12-3-5-13(19)6-4-12/h3-8,10H,2,9,11H2,1H3,(H,20,21,22). The SMILES string of the molecule is CCOCc1ccc(C(=O)Nc2ncc(Cc3ccc(F)cc3)s2)o1. The molecular formula is C18H17FN2O3S. The molecule has 130 valence electrons. The van der Waals surface area contributed by atoms with Gasteiger partial charge in [-0.1, -0.05) is 12.1 Å². The topological polar surface area (TPSA) is 64.4 Å². The highest BCUT2D eigenvalue weighted by molar-refractivity contribution is 7.15. The van der Waals surface area contributed by atoms with Crippen molar-refractivity contribution in [2.24, 2.45) is 0 Å². The summed E-state index contributed by atoms with van der Waals surface area (Å²) >= 11 is 1.37. The Labute approximate surface area is 148 Å². The van der Waals surface area contributed by atoms with Gasteiger partial charge >= 0.3 is 0 Å². The van der Waals surface area contributed by atoms with Gasteiger partial charge in [-0.25, -0.2) is 9.37 Å². The third-order valence-electron chi connectivity index (χ3n) is 3.40. The van der Waals surface area contributed by atoms with Crippen molar-refractivity contribution in [3.05, 3.63) is 70.4 Å². The first kappa shape index (κ1) is 17.3. The average Bonchev–Trinajstić information content (AvgIpc) is 3.24. The van der Waals surface area contributed by atoms with E-state index >= 15 is 0 Å². The number of halogens is 1. The third-order valence-corrected chi connectivity index (χ3v) is 4.31. The average molecular weight is 360 g/mol. The number of carbonyl (C=O) groups is 1. The summed E-state index contributed by atoms with van der Waals surface area (Å²) in [6.07, 6.45) is 2.33. The molecule has 5 nitrogen and oxygen atoms in total. The molecule has 0 bridgehead atoms. The van der Waals surface area contributed by atoms with Crippen molar-refractivity contribution < 1.29 is 18.3 Å². The van der Waals surface area contributed by atoms with E-state index in [-0.39, 0.29) is 17.5 Å². The number of thiazole rings is 1. The molecule has 7 heteroatoms. The number of furan rings is 1. The summed E-state index contributed by atoms with van der Waals surface area (Å²) in [4.78, 5) is 17.4. The minimum atomic E-state index is -0.356. The van der Waals surface area contributed by atoms with Gasteiger partial charge in [0.2, 0.25) is 0 Å². The van der Waals surface area contributed by atoms with Gasteiger partial charge < -0.3 is 9.15 Å². The Hall–Kier alpha value is -2.51. The van der Waals surface area contributed by atoms with Crippen molar-refractivity contribution in [3.8, 4) is 0 Å². The van der Waals surface area contributed by atoms with Gasteiger partial charge in [-0.3, -0.25) is 10.1 Å². The predicted octanol–water partition coefficient (Wildman–Crippen LogP) is 4.25. The van der Waals surface area contributed by atoms with Gasteiger partial charge in [0.25, 0.3) is 5.91 Å². The molecule has 0 aliphatic carbocycles. The van der Waals surface area contributed by atoms with Crippen LogP contribution in [0, 0.1) is 5.82 Å². The number of hydrogen-bond acceptors (Lipinski definition) is 5. The second-order valence-electron chi connectivity index (χ2n) is 5.29. The van der Waals surface area contributed by atoms with E-state index in [1.165, 1.54) is 23.5 Å². The predicted molar refractivity (Wildman–Crippen MR) is 93.3 cm³/mol. The number of carbonyl (C=O) groups excluding carboxylic acids is 1. The highest BCUT2D eigenvalue weighted by atomic mass is 32.1. The van der Waals surface area contributed by atoms with Gasteiger partial charge in [-0.2, -0.15) is 0 Å². The van der Waals surface area contributed by atoms with Crippen LogP contribution in [0.25, 0.3) is 0 Å². The van der Waals surface area contributed by atoms with E-state index in [2.05, 4.69) is 10.3 Å². The van der Waals surface area contributed by atoms with Crippen molar-refractivity contribution in [3.63, 3.8) is 0 Å². The Morgan fingerprint density at radius 3 is 2.84 bits per heavy atom. The molecule has 0 aliphatic heterocycles. The summed E-state index contributed by atoms with van der Waals surface area (Å²) in [7, 11) is 0. The van der Waals surface area contributed by atoms with E-state index in [0.717, 1.165) is 10.4 Å². The van der Waals surface area contributed by atoms with Crippen LogP contribution >= 0.6 is 11.3 Å². The van der Waals surface area contributed by atoms with E-state index in [1.807, 2.05) is 6.92 Å². The second kappa shape index (κ2) is 8.04. The van der Waals surface area contributed by atoms with Gasteiger partial charge in [0.1, 0.15) is 18.2 Å². The Kier molecular flexibility index (Phi) is 5.57. The number of nitrogens with zero attached hydrogens (tertiary/aromatic N) is 1. The third kappa shape index (κ3) is 4.74. The molecule has 0 unspecified atom stereocenters. The van der Waals surface area contributed by atoms with Gasteiger partial charge in [-0.05, 0) is 36.8 Å². The highest BCUT2D eigenvalue weighted by Crippen LogP contribution is 2.22. The molecule has 2 aromatic heterocycles. The van der Waals surface area contributed by atoms with Crippen LogP contribution in [0.1, 0.15) is 33.7 Å². The number of nitrogens with one attached hydrogen (secondary N) is 1. The molecule has 1 aromatic carbocycles. The summed E-state index contributed by atoms with van der Waals surface area (Å²) in [5, 5.41) is 3.21. The Morgan fingerprint density at radius 2 is 2.08 bits per heavy atom. The molecule has 0 radical (unpaired) electrons. The monoisotopic (exact) mass is 360 g/mol. The molecule has 25 heavy (non-hydrogen) atoms. The van der Waals surface area contributed by atoms with Crippen LogP contribution in [-0.2, 0) is 17.8 Å². The minimum Gasteiger partial charge on any atom is -0.453 e. The molecule has 1 amide bonds. The zero-order valence-electron chi connectivity index (χ0n) is 13.6. The summed E-state index contributed by atoms with van der Waals surface area (Å²) in [5.74, 6) is 0.196. The van der Waals surface area contributed by atoms with Gasteiger partial charge in [0.05, 0.1) is 0 Å². The fraction of sp³-hybridized carbons (Fsp3) is 0.222. The highest BCUT2D eigenvalue weighted by Gasteiger charge is 2.13. The molecule has 0 atom stereocenters. The minimum absolute atomic E-state index is 0.213. The van der Waals surface area contributed by atoms with Crippen LogP contribution in [0.5, 0.6) is 0 Å². The largest absolute Gasteiger partial charge is 0.453 e. The first-order valence-corrected chi connectivity index (χ1v) is 8.62. The molecule has 3 aromatic rings. The molecule has 0 aliphatic rings. The number of rotatable bonds is 7. The molecule has 1 N–H and O–H groups in total. The van der Waals surface area contributed by atoms with Crippen LogP contribution in [0.3, 0.4) is 0 Å². The number of anilines is 1. The van der Waals surface area contributed by atoms with Crippen LogP contribution in [0.2, 0.25) is 0 Å². The number of aromatic nitrogens is 1. The maximum absolute atomic E-state index is 12.9. The summed E-state index contributed by atoms with van der Waals surface area (Å²) in [6, 6.07) is 9.64. The molecule has 3 rings (SSSR count). The summed E-state index contributed by atoms with van der Waals surface area (Å²) < 4.78 is 23.6. The Bertz CT molecular complexity index is 842. The van der Waals surface area contributed by atoms with E-state index in [1.54, 1.807) is 30.5 Å². The maximum Gasteiger partial charge on any atom is 0.293 e. The first-order chi connectivity index (χ1) is 12.1. The lowest BCUT2D eigenvalue weighted by atomic mass is 10.1. The lowest BCUT2D eigenvalue weighted by molar-refractivity contribution is 0.0972. The lowest BCUT2D eigenvalue weighted by Crippen LogP contribution is -2.10. The fourth-order valence-corrected chi connectivity index (χ4v) is 3.03. The van der Waals surface area contributed by atoms with Crippen molar-refractivity contribution in [2.75, 3.05) is 11.9 Å². The number of hydrogen-bond donors (Lipinski definition) is 1. The summed E-state index contributed by atoms with van der Waals surface area (Å²) in [5.41, 5.74) is 0.981. The van der Waals surface area contributed by atoms with Gasteiger partial charge in [0, 0.05) is 24.1 Å². The second-order valence-corrected chi connectivity index (χ2v) is 6.41. The van der Waals surface area contributed by atoms with Crippen LogP contribution in [0.15, 0.2) is 47.0 Å². The van der Waals surface area contributed by atoms with Crippen LogP contribution in [0.4, 0.5) is 9.52 Å². The van der Waals surface area contributed by atoms with Crippen LogP contribution < -0.4 is 5.32 Å². The van der Waals surface area contributed by atoms with Crippen molar-refractivity contribution in [1.82, 2.24) is 4.98 Å². The van der Waals surface area contributed by atoms with Crippen LogP contribution in [-0.4, -0.2) is 17.5 Å². The smallest absolute Gasteiger partial charge is 0.293 e. The zero-order valence-corrected chi connectivity index (χ0v) is 14.4. The molecule has 0 fully saturated rings. The van der Waals surface area contributed by atoms with Crippen molar-refractivity contribution in [2.45, 2.75) is 20.0 Å². The maximum atomic E-state index is 12.9. The Balaban J connectivity index is 1.59.